The molecule has 1 fully saturated rings. The Hall–Kier alpha value is -3.26. The van der Waals surface area contributed by atoms with E-state index in [2.05, 4.69) is 5.32 Å². The molecule has 1 aliphatic rings. The van der Waals surface area contributed by atoms with Gasteiger partial charge in [-0.1, -0.05) is 53.0 Å². The molecule has 0 saturated carbocycles. The second kappa shape index (κ2) is 11.0. The van der Waals surface area contributed by atoms with Gasteiger partial charge >= 0.3 is 0 Å². The Morgan fingerprint density at radius 3 is 2.51 bits per heavy atom. The molecule has 1 N–H and O–H groups in total. The highest BCUT2D eigenvalue weighted by Gasteiger charge is 2.35. The summed E-state index contributed by atoms with van der Waals surface area (Å²) in [6, 6.07) is 19.2. The lowest BCUT2D eigenvalue weighted by Gasteiger charge is -2.13. The van der Waals surface area contributed by atoms with E-state index in [1.54, 1.807) is 48.5 Å². The van der Waals surface area contributed by atoms with Crippen LogP contribution in [0.3, 0.4) is 0 Å². The third-order valence-corrected chi connectivity index (χ3v) is 6.44. The number of benzene rings is 3. The second-order valence-electron chi connectivity index (χ2n) is 7.78. The molecule has 1 saturated heterocycles. The number of thioether (sulfide) groups is 1. The predicted octanol–water partition coefficient (Wildman–Crippen LogP) is 6.56. The number of halogens is 2. The molecule has 0 bridgehead atoms. The van der Waals surface area contributed by atoms with Crippen molar-refractivity contribution < 1.29 is 19.1 Å². The van der Waals surface area contributed by atoms with Gasteiger partial charge in [0.15, 0.2) is 6.61 Å². The third kappa shape index (κ3) is 6.45. The van der Waals surface area contributed by atoms with E-state index >= 15 is 0 Å². The molecule has 0 spiro atoms. The fourth-order valence-electron chi connectivity index (χ4n) is 3.41. The predicted molar refractivity (Wildman–Crippen MR) is 140 cm³/mol. The highest BCUT2D eigenvalue weighted by Crippen LogP contribution is 2.35. The Balaban J connectivity index is 1.47. The summed E-state index contributed by atoms with van der Waals surface area (Å²) in [5.74, 6) is -0.411. The van der Waals surface area contributed by atoms with E-state index in [1.807, 2.05) is 31.2 Å². The smallest absolute Gasteiger partial charge is 0.293 e. The van der Waals surface area contributed by atoms with Crippen molar-refractivity contribution in [2.45, 2.75) is 13.5 Å². The van der Waals surface area contributed by atoms with Gasteiger partial charge in [0.1, 0.15) is 5.75 Å². The number of aryl methyl sites for hydroxylation is 1. The van der Waals surface area contributed by atoms with Crippen molar-refractivity contribution in [2.75, 3.05) is 11.9 Å². The molecule has 3 aromatic carbocycles. The van der Waals surface area contributed by atoms with E-state index in [0.717, 1.165) is 22.9 Å². The molecule has 3 aromatic rings. The number of amides is 3. The lowest BCUT2D eigenvalue weighted by Crippen LogP contribution is -2.27. The number of rotatable bonds is 7. The number of anilines is 1. The molecule has 1 heterocycles. The third-order valence-electron chi connectivity index (χ3n) is 5.04. The van der Waals surface area contributed by atoms with Crippen LogP contribution in [0.4, 0.5) is 10.5 Å². The van der Waals surface area contributed by atoms with Crippen LogP contribution in [0, 0.1) is 6.92 Å². The maximum Gasteiger partial charge on any atom is 0.293 e. The monoisotopic (exact) mass is 526 g/mol. The number of nitrogens with one attached hydrogen (secondary N) is 1. The minimum absolute atomic E-state index is 0.188. The Labute approximate surface area is 216 Å². The summed E-state index contributed by atoms with van der Waals surface area (Å²) in [4.78, 5) is 39.3. The van der Waals surface area contributed by atoms with Gasteiger partial charge in [-0.15, -0.1) is 0 Å². The van der Waals surface area contributed by atoms with E-state index in [1.165, 1.54) is 4.90 Å². The van der Waals surface area contributed by atoms with Crippen LogP contribution in [0.15, 0.2) is 71.6 Å². The van der Waals surface area contributed by atoms with Gasteiger partial charge in [-0.3, -0.25) is 19.3 Å². The number of ether oxygens (including phenoxy) is 1. The Kier molecular flexibility index (Phi) is 7.80. The first kappa shape index (κ1) is 24.9. The molecule has 35 heavy (non-hydrogen) atoms. The summed E-state index contributed by atoms with van der Waals surface area (Å²) in [6.07, 6.45) is 1.56. The zero-order chi connectivity index (χ0) is 24.9. The van der Waals surface area contributed by atoms with Gasteiger partial charge in [0.25, 0.3) is 17.1 Å². The van der Waals surface area contributed by atoms with Crippen molar-refractivity contribution >= 4 is 63.8 Å². The second-order valence-corrected chi connectivity index (χ2v) is 9.65. The molecular weight excluding hydrogens is 507 g/mol. The molecule has 3 amide bonds. The summed E-state index contributed by atoms with van der Waals surface area (Å²) >= 11 is 12.9. The van der Waals surface area contributed by atoms with E-state index in [9.17, 15) is 14.4 Å². The van der Waals surface area contributed by atoms with Crippen LogP contribution in [0.25, 0.3) is 6.08 Å². The quantitative estimate of drug-likeness (QED) is 0.353. The lowest BCUT2D eigenvalue weighted by molar-refractivity contribution is -0.123. The maximum atomic E-state index is 13.0. The Morgan fingerprint density at radius 2 is 1.77 bits per heavy atom. The van der Waals surface area contributed by atoms with Gasteiger partial charge < -0.3 is 10.1 Å². The van der Waals surface area contributed by atoms with Gasteiger partial charge in [0.2, 0.25) is 0 Å². The van der Waals surface area contributed by atoms with Crippen LogP contribution in [-0.4, -0.2) is 28.6 Å². The number of nitrogens with zero attached hydrogens (tertiary/aromatic N) is 1. The average molecular weight is 527 g/mol. The summed E-state index contributed by atoms with van der Waals surface area (Å²) in [5, 5.41) is 3.35. The van der Waals surface area contributed by atoms with Crippen LogP contribution in [0.1, 0.15) is 16.7 Å². The minimum atomic E-state index is -0.395. The Bertz CT molecular complexity index is 1330. The topological polar surface area (TPSA) is 75.7 Å². The van der Waals surface area contributed by atoms with Crippen LogP contribution in [0.2, 0.25) is 10.0 Å². The van der Waals surface area contributed by atoms with E-state index in [0.29, 0.717) is 27.0 Å². The van der Waals surface area contributed by atoms with Crippen LogP contribution in [0.5, 0.6) is 5.75 Å². The number of carbonyl (C=O) groups is 3. The first-order valence-electron chi connectivity index (χ1n) is 10.6. The van der Waals surface area contributed by atoms with E-state index in [4.69, 9.17) is 27.9 Å². The molecule has 0 unspecified atom stereocenters. The largest absolute Gasteiger partial charge is 0.483 e. The minimum Gasteiger partial charge on any atom is -0.483 e. The lowest BCUT2D eigenvalue weighted by atomic mass is 10.1. The molecule has 0 atom stereocenters. The van der Waals surface area contributed by atoms with Crippen LogP contribution < -0.4 is 10.1 Å². The maximum absolute atomic E-state index is 13.0. The highest BCUT2D eigenvalue weighted by molar-refractivity contribution is 8.18. The molecule has 9 heteroatoms. The zero-order valence-corrected chi connectivity index (χ0v) is 20.9. The molecule has 4 rings (SSSR count). The average Bonchev–Trinajstić information content (AvgIpc) is 3.07. The summed E-state index contributed by atoms with van der Waals surface area (Å²) in [7, 11) is 0. The number of carbonyl (C=O) groups excluding carboxylic acids is 3. The van der Waals surface area contributed by atoms with E-state index < -0.39 is 5.91 Å². The Morgan fingerprint density at radius 1 is 1.03 bits per heavy atom. The van der Waals surface area contributed by atoms with Gasteiger partial charge in [-0.25, -0.2) is 0 Å². The number of hydrogen-bond donors (Lipinski definition) is 1. The SMILES string of the molecule is Cc1cccc(CN2C(=O)S/C(=C\c3cc(Cl)ccc3OCC(=O)Nc3ccc(Cl)cc3)C2=O)c1. The van der Waals surface area contributed by atoms with Crippen molar-refractivity contribution in [1.29, 1.82) is 0 Å². The van der Waals surface area contributed by atoms with Gasteiger partial charge in [-0.05, 0) is 72.8 Å². The van der Waals surface area contributed by atoms with Gasteiger partial charge in [0.05, 0.1) is 11.4 Å². The molecule has 0 aliphatic carbocycles. The van der Waals surface area contributed by atoms with Crippen molar-refractivity contribution in [2.24, 2.45) is 0 Å². The van der Waals surface area contributed by atoms with Gasteiger partial charge in [-0.2, -0.15) is 0 Å². The molecule has 178 valence electrons. The van der Waals surface area contributed by atoms with Crippen LogP contribution in [-0.2, 0) is 16.1 Å². The summed E-state index contributed by atoms with van der Waals surface area (Å²) in [6.45, 7) is 1.88. The standard InChI is InChI=1S/C26H20Cl2N2O4S/c1-16-3-2-4-17(11-16)14-30-25(32)23(35-26(30)33)13-18-12-20(28)7-10-22(18)34-15-24(31)29-21-8-5-19(27)6-9-21/h2-13H,14-15H2,1H3,(H,29,31)/b23-13-. The first-order valence-corrected chi connectivity index (χ1v) is 12.1. The number of hydrogen-bond acceptors (Lipinski definition) is 5. The molecule has 6 nitrogen and oxygen atoms in total. The molecule has 0 radical (unpaired) electrons. The first-order chi connectivity index (χ1) is 16.8. The summed E-state index contributed by atoms with van der Waals surface area (Å²) < 4.78 is 5.70. The van der Waals surface area contributed by atoms with Crippen molar-refractivity contribution in [3.63, 3.8) is 0 Å². The van der Waals surface area contributed by atoms with Crippen molar-refractivity contribution in [1.82, 2.24) is 4.90 Å². The highest BCUT2D eigenvalue weighted by atomic mass is 35.5. The van der Waals surface area contributed by atoms with Crippen molar-refractivity contribution in [3.05, 3.63) is 98.4 Å². The normalized spacial score (nSPS) is 14.5. The number of imide groups is 1. The fourth-order valence-corrected chi connectivity index (χ4v) is 4.54. The molecule has 0 aromatic heterocycles. The van der Waals surface area contributed by atoms with Gasteiger partial charge in [0, 0.05) is 21.3 Å². The van der Waals surface area contributed by atoms with Crippen LogP contribution >= 0.6 is 35.0 Å². The molecule has 1 aliphatic heterocycles. The fraction of sp³-hybridized carbons (Fsp3) is 0.115. The van der Waals surface area contributed by atoms with Crippen molar-refractivity contribution in [3.8, 4) is 5.75 Å². The summed E-state index contributed by atoms with van der Waals surface area (Å²) in [5.41, 5.74) is 2.98. The zero-order valence-electron chi connectivity index (χ0n) is 18.6. The molecular formula is C26H20Cl2N2O4S. The van der Waals surface area contributed by atoms with E-state index in [-0.39, 0.29) is 29.2 Å².